The predicted octanol–water partition coefficient (Wildman–Crippen LogP) is 2.38. The summed E-state index contributed by atoms with van der Waals surface area (Å²) in [6.07, 6.45) is 3.69. The Kier molecular flexibility index (Phi) is 1.86. The van der Waals surface area contributed by atoms with E-state index in [1.807, 2.05) is 13.0 Å². The molecule has 66 valence electrons. The molecule has 12 heavy (non-hydrogen) atoms. The third-order valence-electron chi connectivity index (χ3n) is 2.04. The SMILES string of the molecule is CC1=CC=C2OCOC2(Cl)C1Cl. The number of rotatable bonds is 0. The minimum atomic E-state index is -0.972. The average molecular weight is 207 g/mol. The van der Waals surface area contributed by atoms with Gasteiger partial charge in [0.1, 0.15) is 11.1 Å². The van der Waals surface area contributed by atoms with Crippen LogP contribution in [0, 0.1) is 0 Å². The monoisotopic (exact) mass is 206 g/mol. The summed E-state index contributed by atoms with van der Waals surface area (Å²) in [6.45, 7) is 2.09. The van der Waals surface area contributed by atoms with Gasteiger partial charge in [-0.15, -0.1) is 11.6 Å². The number of hydrogen-bond acceptors (Lipinski definition) is 2. The highest BCUT2D eigenvalue weighted by Gasteiger charge is 2.48. The lowest BCUT2D eigenvalue weighted by molar-refractivity contribution is 0.0346. The van der Waals surface area contributed by atoms with Crippen LogP contribution in [0.5, 0.6) is 0 Å². The van der Waals surface area contributed by atoms with Crippen molar-refractivity contribution in [1.82, 2.24) is 0 Å². The second kappa shape index (κ2) is 2.66. The van der Waals surface area contributed by atoms with Gasteiger partial charge in [-0.05, 0) is 13.0 Å². The maximum Gasteiger partial charge on any atom is 0.222 e. The summed E-state index contributed by atoms with van der Waals surface area (Å²) in [6, 6.07) is 0. The molecule has 0 radical (unpaired) electrons. The van der Waals surface area contributed by atoms with Gasteiger partial charge in [0.25, 0.3) is 0 Å². The van der Waals surface area contributed by atoms with E-state index in [9.17, 15) is 0 Å². The average Bonchev–Trinajstić information content (AvgIpc) is 2.42. The van der Waals surface area contributed by atoms with Crippen molar-refractivity contribution in [2.45, 2.75) is 17.4 Å². The Morgan fingerprint density at radius 3 is 3.08 bits per heavy atom. The van der Waals surface area contributed by atoms with E-state index in [0.717, 1.165) is 5.57 Å². The first-order chi connectivity index (χ1) is 5.64. The van der Waals surface area contributed by atoms with Crippen molar-refractivity contribution in [2.24, 2.45) is 0 Å². The van der Waals surface area contributed by atoms with Gasteiger partial charge < -0.3 is 9.47 Å². The minimum Gasteiger partial charge on any atom is -0.467 e. The Morgan fingerprint density at radius 2 is 2.33 bits per heavy atom. The van der Waals surface area contributed by atoms with Crippen LogP contribution in [0.15, 0.2) is 23.5 Å². The first kappa shape index (κ1) is 8.42. The molecule has 1 aliphatic heterocycles. The Hall–Kier alpha value is -0.180. The molecular weight excluding hydrogens is 199 g/mol. The van der Waals surface area contributed by atoms with E-state index < -0.39 is 5.06 Å². The first-order valence-electron chi connectivity index (χ1n) is 3.63. The number of hydrogen-bond donors (Lipinski definition) is 0. The molecule has 2 atom stereocenters. The number of fused-ring (bicyclic) bond motifs is 1. The zero-order valence-corrected chi connectivity index (χ0v) is 8.02. The molecule has 0 amide bonds. The highest BCUT2D eigenvalue weighted by molar-refractivity contribution is 6.34. The minimum absolute atomic E-state index is 0.180. The summed E-state index contributed by atoms with van der Waals surface area (Å²) in [5.41, 5.74) is 0.987. The van der Waals surface area contributed by atoms with E-state index in [1.165, 1.54) is 0 Å². The quantitative estimate of drug-likeness (QED) is 0.567. The van der Waals surface area contributed by atoms with Crippen LogP contribution in [0.4, 0.5) is 0 Å². The third-order valence-corrected chi connectivity index (χ3v) is 3.32. The van der Waals surface area contributed by atoms with Crippen LogP contribution in [-0.2, 0) is 9.47 Å². The molecule has 0 aromatic rings. The summed E-state index contributed by atoms with van der Waals surface area (Å²) < 4.78 is 10.4. The van der Waals surface area contributed by atoms with Crippen LogP contribution in [-0.4, -0.2) is 17.2 Å². The van der Waals surface area contributed by atoms with E-state index in [1.54, 1.807) is 6.08 Å². The zero-order valence-electron chi connectivity index (χ0n) is 6.51. The Labute approximate surface area is 80.7 Å². The van der Waals surface area contributed by atoms with Crippen molar-refractivity contribution in [3.05, 3.63) is 23.5 Å². The van der Waals surface area contributed by atoms with Crippen molar-refractivity contribution in [2.75, 3.05) is 6.79 Å². The second-order valence-electron chi connectivity index (χ2n) is 2.86. The summed E-state index contributed by atoms with van der Waals surface area (Å²) in [4.78, 5) is 0. The molecule has 2 unspecified atom stereocenters. The van der Waals surface area contributed by atoms with Crippen LogP contribution in [0.25, 0.3) is 0 Å². The normalized spacial score (nSPS) is 39.8. The molecule has 1 fully saturated rings. The molecule has 0 spiro atoms. The highest BCUT2D eigenvalue weighted by Crippen LogP contribution is 2.44. The first-order valence-corrected chi connectivity index (χ1v) is 4.45. The Morgan fingerprint density at radius 1 is 1.58 bits per heavy atom. The molecule has 1 saturated heterocycles. The molecule has 4 heteroatoms. The van der Waals surface area contributed by atoms with Crippen molar-refractivity contribution in [3.8, 4) is 0 Å². The van der Waals surface area contributed by atoms with E-state index in [0.29, 0.717) is 5.76 Å². The van der Waals surface area contributed by atoms with Crippen molar-refractivity contribution < 1.29 is 9.47 Å². The van der Waals surface area contributed by atoms with Crippen LogP contribution in [0.3, 0.4) is 0 Å². The standard InChI is InChI=1S/C8H8Cl2O2/c1-5-2-3-6-8(10,7(5)9)12-4-11-6/h2-3,7H,4H2,1H3. The van der Waals surface area contributed by atoms with Gasteiger partial charge in [-0.25, -0.2) is 0 Å². The zero-order chi connectivity index (χ0) is 8.77. The third kappa shape index (κ3) is 0.987. The summed E-state index contributed by atoms with van der Waals surface area (Å²) in [5, 5.41) is -1.32. The van der Waals surface area contributed by atoms with Gasteiger partial charge in [-0.3, -0.25) is 0 Å². The molecule has 2 aliphatic rings. The summed E-state index contributed by atoms with van der Waals surface area (Å²) in [7, 11) is 0. The smallest absolute Gasteiger partial charge is 0.222 e. The van der Waals surface area contributed by atoms with Crippen LogP contribution >= 0.6 is 23.2 Å². The predicted molar refractivity (Wildman–Crippen MR) is 47.1 cm³/mol. The molecule has 2 rings (SSSR count). The number of alkyl halides is 2. The van der Waals surface area contributed by atoms with E-state index in [4.69, 9.17) is 32.7 Å². The topological polar surface area (TPSA) is 18.5 Å². The maximum atomic E-state index is 6.13. The van der Waals surface area contributed by atoms with Crippen molar-refractivity contribution in [3.63, 3.8) is 0 Å². The summed E-state index contributed by atoms with van der Waals surface area (Å²) in [5.74, 6) is 0.606. The van der Waals surface area contributed by atoms with E-state index in [2.05, 4.69) is 0 Å². The number of halogens is 2. The van der Waals surface area contributed by atoms with Crippen LogP contribution in [0.2, 0.25) is 0 Å². The van der Waals surface area contributed by atoms with Crippen LogP contribution < -0.4 is 0 Å². The lowest BCUT2D eigenvalue weighted by Gasteiger charge is -2.28. The lowest BCUT2D eigenvalue weighted by atomic mass is 10.0. The van der Waals surface area contributed by atoms with Gasteiger partial charge in [0.15, 0.2) is 6.79 Å². The van der Waals surface area contributed by atoms with Crippen molar-refractivity contribution >= 4 is 23.2 Å². The molecule has 1 heterocycles. The molecule has 0 saturated carbocycles. The fourth-order valence-corrected chi connectivity index (χ4v) is 1.87. The van der Waals surface area contributed by atoms with Crippen LogP contribution in [0.1, 0.15) is 6.92 Å². The second-order valence-corrected chi connectivity index (χ2v) is 3.85. The molecule has 2 nitrogen and oxygen atoms in total. The molecular formula is C8H8Cl2O2. The van der Waals surface area contributed by atoms with Gasteiger partial charge in [0.05, 0.1) is 0 Å². The fraction of sp³-hybridized carbons (Fsp3) is 0.500. The van der Waals surface area contributed by atoms with Gasteiger partial charge in [0, 0.05) is 0 Å². The van der Waals surface area contributed by atoms with Gasteiger partial charge in [0.2, 0.25) is 5.06 Å². The number of allylic oxidation sites excluding steroid dienone is 2. The van der Waals surface area contributed by atoms with E-state index in [-0.39, 0.29) is 12.2 Å². The molecule has 1 aliphatic carbocycles. The Balaban J connectivity index is 2.41. The lowest BCUT2D eigenvalue weighted by Crippen LogP contribution is -2.36. The fourth-order valence-electron chi connectivity index (χ4n) is 1.29. The molecule has 0 N–H and O–H groups in total. The molecule has 0 aromatic heterocycles. The van der Waals surface area contributed by atoms with Crippen molar-refractivity contribution in [1.29, 1.82) is 0 Å². The largest absolute Gasteiger partial charge is 0.467 e. The van der Waals surface area contributed by atoms with Gasteiger partial charge >= 0.3 is 0 Å². The highest BCUT2D eigenvalue weighted by atomic mass is 35.5. The molecule has 0 aromatic carbocycles. The van der Waals surface area contributed by atoms with Gasteiger partial charge in [-0.1, -0.05) is 23.3 Å². The van der Waals surface area contributed by atoms with E-state index >= 15 is 0 Å². The Bertz CT molecular complexity index is 272. The summed E-state index contributed by atoms with van der Waals surface area (Å²) >= 11 is 12.2. The maximum absolute atomic E-state index is 6.13. The number of ether oxygens (including phenoxy) is 2. The molecule has 0 bridgehead atoms. The van der Waals surface area contributed by atoms with Gasteiger partial charge in [-0.2, -0.15) is 0 Å².